The minimum absolute atomic E-state index is 0. The Labute approximate surface area is 105 Å². The van der Waals surface area contributed by atoms with Crippen LogP contribution in [0.3, 0.4) is 0 Å². The second-order valence-corrected chi connectivity index (χ2v) is 1.15. The van der Waals surface area contributed by atoms with Crippen LogP contribution in [-0.2, 0) is 19.2 Å². The van der Waals surface area contributed by atoms with E-state index < -0.39 is 23.9 Å². The van der Waals surface area contributed by atoms with Crippen LogP contribution in [0.15, 0.2) is 0 Å². The van der Waals surface area contributed by atoms with E-state index in [1.165, 1.54) is 0 Å². The minimum Gasteiger partial charge on any atom is -0.543 e. The standard InChI is InChI=1S/2C2H2O4.Ce/c2*3-1(4)2(5)6;/h2*(H,3,4)(H,5,6);/q;;+4/p-4. The number of hydrogen-bond donors (Lipinski definition) is 0. The Bertz CT molecular complexity index is 172. The summed E-state index contributed by atoms with van der Waals surface area (Å²) < 4.78 is 0. The van der Waals surface area contributed by atoms with Gasteiger partial charge in [0.1, 0.15) is 0 Å². The zero-order chi connectivity index (χ0) is 10.3. The molecule has 0 aliphatic carbocycles. The summed E-state index contributed by atoms with van der Waals surface area (Å²) in [6, 6.07) is 0. The summed E-state index contributed by atoms with van der Waals surface area (Å²) in [5.74, 6) is -8.74. The molecule has 68 valence electrons. The van der Waals surface area contributed by atoms with Gasteiger partial charge in [-0.25, -0.2) is 0 Å². The molecule has 0 aliphatic rings. The van der Waals surface area contributed by atoms with Gasteiger partial charge in [0.05, 0.1) is 23.9 Å². The molecule has 0 amide bonds. The van der Waals surface area contributed by atoms with E-state index in [9.17, 15) is 0 Å². The number of carboxylic acid groups (broad SMARTS) is 4. The first-order valence-electron chi connectivity index (χ1n) is 2.13. The maximum absolute atomic E-state index is 8.93. The number of carbonyl (C=O) groups excluding carboxylic acids is 4. The molecule has 8 nitrogen and oxygen atoms in total. The Morgan fingerprint density at radius 2 is 0.615 bits per heavy atom. The molecule has 0 aromatic rings. The first-order valence-corrected chi connectivity index (χ1v) is 2.13. The molecule has 0 atom stereocenters. The number of aliphatic carboxylic acids is 4. The van der Waals surface area contributed by atoms with Crippen molar-refractivity contribution in [2.45, 2.75) is 0 Å². The second kappa shape index (κ2) is 9.35. The third kappa shape index (κ3) is 18.3. The van der Waals surface area contributed by atoms with E-state index in [0.717, 1.165) is 0 Å². The Morgan fingerprint density at radius 1 is 0.538 bits per heavy atom. The van der Waals surface area contributed by atoms with Crippen LogP contribution in [0.25, 0.3) is 0 Å². The van der Waals surface area contributed by atoms with Crippen molar-refractivity contribution in [1.29, 1.82) is 0 Å². The van der Waals surface area contributed by atoms with Crippen LogP contribution in [-0.4, -0.2) is 23.9 Å². The second-order valence-electron chi connectivity index (χ2n) is 1.15. The molecule has 0 aromatic carbocycles. The average Bonchev–Trinajstić information content (AvgIpc) is 1.88. The fourth-order valence-electron chi connectivity index (χ4n) is 0. The molecule has 9 heteroatoms. The Morgan fingerprint density at radius 3 is 0.615 bits per heavy atom. The van der Waals surface area contributed by atoms with Gasteiger partial charge in [-0.15, -0.1) is 0 Å². The topological polar surface area (TPSA) is 161 Å². The van der Waals surface area contributed by atoms with E-state index in [2.05, 4.69) is 0 Å². The van der Waals surface area contributed by atoms with Crippen molar-refractivity contribution >= 4 is 23.9 Å². The largest absolute Gasteiger partial charge is 4.00 e. The number of rotatable bonds is 0. The van der Waals surface area contributed by atoms with E-state index in [4.69, 9.17) is 39.6 Å². The van der Waals surface area contributed by atoms with E-state index >= 15 is 0 Å². The van der Waals surface area contributed by atoms with Crippen LogP contribution in [0.1, 0.15) is 0 Å². The van der Waals surface area contributed by atoms with Gasteiger partial charge in [-0.3, -0.25) is 0 Å². The maximum atomic E-state index is 8.93. The number of hydrogen-bond acceptors (Lipinski definition) is 8. The van der Waals surface area contributed by atoms with Crippen LogP contribution >= 0.6 is 0 Å². The smallest absolute Gasteiger partial charge is 0.543 e. The van der Waals surface area contributed by atoms with Gasteiger partial charge in [-0.05, 0) is 0 Å². The molecule has 0 heterocycles. The molecule has 0 saturated heterocycles. The molecule has 0 spiro atoms. The van der Waals surface area contributed by atoms with Crippen molar-refractivity contribution in [1.82, 2.24) is 0 Å². The van der Waals surface area contributed by atoms with Gasteiger partial charge in [0.25, 0.3) is 0 Å². The van der Waals surface area contributed by atoms with Crippen molar-refractivity contribution < 1.29 is 81.4 Å². The molecule has 0 rings (SSSR count). The maximum Gasteiger partial charge on any atom is 4.00 e. The van der Waals surface area contributed by atoms with Gasteiger partial charge in [-0.2, -0.15) is 0 Å². The molecule has 0 aromatic heterocycles. The summed E-state index contributed by atoms with van der Waals surface area (Å²) >= 11 is 0. The first-order chi connectivity index (χ1) is 5.29. The summed E-state index contributed by atoms with van der Waals surface area (Å²) in [5.41, 5.74) is 0. The summed E-state index contributed by atoms with van der Waals surface area (Å²) in [5, 5.41) is 35.7. The van der Waals surface area contributed by atoms with Crippen molar-refractivity contribution in [2.75, 3.05) is 0 Å². The van der Waals surface area contributed by atoms with Crippen LogP contribution < -0.4 is 20.4 Å². The van der Waals surface area contributed by atoms with E-state index in [1.807, 2.05) is 0 Å². The van der Waals surface area contributed by atoms with Crippen LogP contribution in [0.5, 0.6) is 0 Å². The molecule has 0 bridgehead atoms. The van der Waals surface area contributed by atoms with Crippen molar-refractivity contribution in [3.8, 4) is 0 Å². The van der Waals surface area contributed by atoms with Gasteiger partial charge in [-0.1, -0.05) is 0 Å². The Kier molecular flexibility index (Phi) is 13.0. The van der Waals surface area contributed by atoms with Gasteiger partial charge in [0, 0.05) is 0 Å². The van der Waals surface area contributed by atoms with E-state index in [-0.39, 0.29) is 41.7 Å². The van der Waals surface area contributed by atoms with Crippen molar-refractivity contribution in [2.24, 2.45) is 0 Å². The molecule has 0 fully saturated rings. The molecule has 0 unspecified atom stereocenters. The van der Waals surface area contributed by atoms with Crippen molar-refractivity contribution in [3.05, 3.63) is 0 Å². The Hall–Kier alpha value is -0.743. The normalized spacial score (nSPS) is 6.77. The predicted molar refractivity (Wildman–Crippen MR) is 20.0 cm³/mol. The fraction of sp³-hybridized carbons (Fsp3) is 0. The third-order valence-corrected chi connectivity index (χ3v) is 0.333. The van der Waals surface area contributed by atoms with Gasteiger partial charge >= 0.3 is 41.7 Å². The van der Waals surface area contributed by atoms with Crippen molar-refractivity contribution in [3.63, 3.8) is 0 Å². The van der Waals surface area contributed by atoms with Gasteiger partial charge in [0.2, 0.25) is 0 Å². The quantitative estimate of drug-likeness (QED) is 0.398. The summed E-state index contributed by atoms with van der Waals surface area (Å²) in [4.78, 5) is 35.7. The Balaban J connectivity index is -0.000000143. The zero-order valence-corrected chi connectivity index (χ0v) is 8.91. The molecular weight excluding hydrogens is 316 g/mol. The zero-order valence-electron chi connectivity index (χ0n) is 5.77. The van der Waals surface area contributed by atoms with Crippen LogP contribution in [0.2, 0.25) is 0 Å². The molecule has 0 saturated carbocycles. The minimum atomic E-state index is -2.19. The van der Waals surface area contributed by atoms with Crippen LogP contribution in [0.4, 0.5) is 0 Å². The number of carbonyl (C=O) groups is 4. The van der Waals surface area contributed by atoms with E-state index in [0.29, 0.717) is 0 Å². The number of carboxylic acids is 4. The predicted octanol–water partition coefficient (Wildman–Crippen LogP) is -7.03. The summed E-state index contributed by atoms with van der Waals surface area (Å²) in [6.45, 7) is 0. The fourth-order valence-corrected chi connectivity index (χ4v) is 0. The molecular formula is C4CeO8. The first kappa shape index (κ1) is 18.1. The molecule has 0 N–H and O–H groups in total. The molecule has 0 radical (unpaired) electrons. The SMILES string of the molecule is O=C([O-])C(=O)[O-].O=C([O-])C(=O)[O-].[Ce+4]. The monoisotopic (exact) mass is 316 g/mol. The summed E-state index contributed by atoms with van der Waals surface area (Å²) in [6.07, 6.45) is 0. The molecule has 0 aliphatic heterocycles. The van der Waals surface area contributed by atoms with Gasteiger partial charge in [0.15, 0.2) is 0 Å². The van der Waals surface area contributed by atoms with Gasteiger partial charge < -0.3 is 39.6 Å². The summed E-state index contributed by atoms with van der Waals surface area (Å²) in [7, 11) is 0. The average molecular weight is 316 g/mol. The molecule has 13 heavy (non-hydrogen) atoms. The van der Waals surface area contributed by atoms with Crippen LogP contribution in [0, 0.1) is 41.7 Å². The van der Waals surface area contributed by atoms with E-state index in [1.54, 1.807) is 0 Å². The third-order valence-electron chi connectivity index (χ3n) is 0.333.